The summed E-state index contributed by atoms with van der Waals surface area (Å²) < 4.78 is 1.99. The van der Waals surface area contributed by atoms with Crippen molar-refractivity contribution in [2.75, 3.05) is 0 Å². The van der Waals surface area contributed by atoms with Crippen LogP contribution in [0.1, 0.15) is 5.56 Å². The lowest BCUT2D eigenvalue weighted by atomic mass is 10.2. The summed E-state index contributed by atoms with van der Waals surface area (Å²) in [6.45, 7) is 0. The molecule has 0 atom stereocenters. The second-order valence-corrected chi connectivity index (χ2v) is 6.15. The van der Waals surface area contributed by atoms with E-state index >= 15 is 0 Å². The number of nitrogens with zero attached hydrogens (tertiary/aromatic N) is 3. The van der Waals surface area contributed by atoms with Gasteiger partial charge in [0.2, 0.25) is 0 Å². The molecule has 0 aliphatic heterocycles. The lowest BCUT2D eigenvalue weighted by molar-refractivity contribution is 0.947. The van der Waals surface area contributed by atoms with Crippen LogP contribution in [0.4, 0.5) is 0 Å². The molecular weight excluding hydrogens is 313 g/mol. The van der Waals surface area contributed by atoms with Crippen LogP contribution in [0.25, 0.3) is 11.0 Å². The molecule has 0 saturated carbocycles. The number of hydrogen-bond donors (Lipinski definition) is 0. The van der Waals surface area contributed by atoms with E-state index in [0.717, 1.165) is 27.4 Å². The van der Waals surface area contributed by atoms with Gasteiger partial charge in [0.15, 0.2) is 0 Å². The van der Waals surface area contributed by atoms with Crippen LogP contribution in [0, 0.1) is 0 Å². The van der Waals surface area contributed by atoms with E-state index in [9.17, 15) is 0 Å². The molecule has 0 aliphatic carbocycles. The van der Waals surface area contributed by atoms with E-state index in [1.807, 2.05) is 35.9 Å². The van der Waals surface area contributed by atoms with E-state index in [4.69, 9.17) is 23.2 Å². The Kier molecular flexibility index (Phi) is 3.87. The molecule has 3 aromatic rings. The van der Waals surface area contributed by atoms with E-state index < -0.39 is 0 Å². The molecule has 6 heteroatoms. The van der Waals surface area contributed by atoms with Crippen LogP contribution in [0.2, 0.25) is 10.0 Å². The summed E-state index contributed by atoms with van der Waals surface area (Å²) in [6, 6.07) is 7.63. The van der Waals surface area contributed by atoms with Crippen LogP contribution >= 0.6 is 35.0 Å². The zero-order valence-corrected chi connectivity index (χ0v) is 13.0. The molecule has 1 aromatic carbocycles. The first-order chi connectivity index (χ1) is 9.65. The Morgan fingerprint density at radius 2 is 2.00 bits per heavy atom. The number of hydrogen-bond acceptors (Lipinski definition) is 3. The summed E-state index contributed by atoms with van der Waals surface area (Å²) in [5, 5.41) is 2.08. The molecule has 0 unspecified atom stereocenters. The van der Waals surface area contributed by atoms with Crippen molar-refractivity contribution in [1.29, 1.82) is 0 Å². The molecule has 0 radical (unpaired) electrons. The topological polar surface area (TPSA) is 30.7 Å². The lowest BCUT2D eigenvalue weighted by Gasteiger charge is -2.04. The second kappa shape index (κ2) is 5.64. The first-order valence-electron chi connectivity index (χ1n) is 5.98. The van der Waals surface area contributed by atoms with E-state index in [0.29, 0.717) is 10.0 Å². The van der Waals surface area contributed by atoms with Crippen molar-refractivity contribution < 1.29 is 0 Å². The Balaban J connectivity index is 1.85. The Morgan fingerprint density at radius 1 is 1.15 bits per heavy atom. The van der Waals surface area contributed by atoms with Crippen LogP contribution in [0.5, 0.6) is 0 Å². The van der Waals surface area contributed by atoms with E-state index in [1.54, 1.807) is 24.3 Å². The zero-order valence-electron chi connectivity index (χ0n) is 10.7. The van der Waals surface area contributed by atoms with Gasteiger partial charge in [0.05, 0.1) is 21.9 Å². The Bertz CT molecular complexity index is 770. The van der Waals surface area contributed by atoms with Gasteiger partial charge >= 0.3 is 0 Å². The van der Waals surface area contributed by atoms with Gasteiger partial charge in [-0.2, -0.15) is 0 Å². The maximum absolute atomic E-state index is 6.02. The van der Waals surface area contributed by atoms with Gasteiger partial charge in [0.25, 0.3) is 0 Å². The van der Waals surface area contributed by atoms with E-state index in [1.165, 1.54) is 0 Å². The number of benzene rings is 1. The number of halogens is 2. The quantitative estimate of drug-likeness (QED) is 0.661. The summed E-state index contributed by atoms with van der Waals surface area (Å²) in [5.41, 5.74) is 3.12. The third kappa shape index (κ3) is 2.64. The average Bonchev–Trinajstić information content (AvgIpc) is 2.83. The van der Waals surface area contributed by atoms with Crippen molar-refractivity contribution in [3.05, 3.63) is 52.4 Å². The number of aryl methyl sites for hydroxylation is 1. The standard InChI is InChI=1S/C14H11Cl2N3S/c1-19-8-18-13-12(19)4-5-17-14(13)20-7-9-2-3-10(15)11(16)6-9/h2-6,8H,7H2,1H3. The molecule has 0 aliphatic rings. The van der Waals surface area contributed by atoms with E-state index in [2.05, 4.69) is 9.97 Å². The average molecular weight is 324 g/mol. The number of imidazole rings is 1. The van der Waals surface area contributed by atoms with Crippen LogP contribution in [0.3, 0.4) is 0 Å². The largest absolute Gasteiger partial charge is 0.334 e. The molecule has 102 valence electrons. The minimum atomic E-state index is 0.574. The normalized spacial score (nSPS) is 11.2. The molecule has 0 fully saturated rings. The number of rotatable bonds is 3. The summed E-state index contributed by atoms with van der Waals surface area (Å²) in [6.07, 6.45) is 3.61. The molecule has 3 rings (SSSR count). The molecule has 2 heterocycles. The highest BCUT2D eigenvalue weighted by Crippen LogP contribution is 2.29. The minimum Gasteiger partial charge on any atom is -0.334 e. The number of aromatic nitrogens is 3. The first kappa shape index (κ1) is 13.7. The fourth-order valence-electron chi connectivity index (χ4n) is 1.92. The Hall–Kier alpha value is -1.23. The van der Waals surface area contributed by atoms with Crippen molar-refractivity contribution >= 4 is 46.0 Å². The van der Waals surface area contributed by atoms with Crippen molar-refractivity contribution in [2.24, 2.45) is 7.05 Å². The van der Waals surface area contributed by atoms with Crippen molar-refractivity contribution in [1.82, 2.24) is 14.5 Å². The van der Waals surface area contributed by atoms with Crippen molar-refractivity contribution in [3.63, 3.8) is 0 Å². The smallest absolute Gasteiger partial charge is 0.124 e. The third-order valence-corrected chi connectivity index (χ3v) is 4.76. The first-order valence-corrected chi connectivity index (χ1v) is 7.72. The third-order valence-electron chi connectivity index (χ3n) is 2.97. The molecule has 20 heavy (non-hydrogen) atoms. The predicted octanol–water partition coefficient (Wildman–Crippen LogP) is 4.57. The van der Waals surface area contributed by atoms with Gasteiger partial charge in [-0.3, -0.25) is 0 Å². The fourth-order valence-corrected chi connectivity index (χ4v) is 3.16. The molecule has 0 N–H and O–H groups in total. The second-order valence-electron chi connectivity index (χ2n) is 4.38. The predicted molar refractivity (Wildman–Crippen MR) is 84.5 cm³/mol. The summed E-state index contributed by atoms with van der Waals surface area (Å²) in [4.78, 5) is 8.80. The van der Waals surface area contributed by atoms with Crippen molar-refractivity contribution in [3.8, 4) is 0 Å². The van der Waals surface area contributed by atoms with Gasteiger partial charge in [-0.05, 0) is 23.8 Å². The highest BCUT2D eigenvalue weighted by atomic mass is 35.5. The van der Waals surface area contributed by atoms with E-state index in [-0.39, 0.29) is 0 Å². The minimum absolute atomic E-state index is 0.574. The molecule has 0 bridgehead atoms. The number of pyridine rings is 1. The van der Waals surface area contributed by atoms with Crippen LogP contribution in [-0.2, 0) is 12.8 Å². The van der Waals surface area contributed by atoms with Crippen LogP contribution < -0.4 is 0 Å². The highest BCUT2D eigenvalue weighted by Gasteiger charge is 2.08. The molecular formula is C14H11Cl2N3S. The zero-order chi connectivity index (χ0) is 14.1. The number of thioether (sulfide) groups is 1. The molecule has 3 nitrogen and oxygen atoms in total. The maximum Gasteiger partial charge on any atom is 0.124 e. The summed E-state index contributed by atoms with van der Waals surface area (Å²) in [5.74, 6) is 0.777. The number of fused-ring (bicyclic) bond motifs is 1. The molecule has 0 saturated heterocycles. The van der Waals surface area contributed by atoms with Gasteiger partial charge < -0.3 is 4.57 Å². The SMILES string of the molecule is Cn1cnc2c(SCc3ccc(Cl)c(Cl)c3)nccc21. The van der Waals surface area contributed by atoms with Gasteiger partial charge in [0.1, 0.15) is 10.5 Å². The summed E-state index contributed by atoms with van der Waals surface area (Å²) >= 11 is 13.6. The Labute approximate surface area is 130 Å². The highest BCUT2D eigenvalue weighted by molar-refractivity contribution is 7.98. The molecule has 2 aromatic heterocycles. The molecule has 0 amide bonds. The maximum atomic E-state index is 6.02. The fraction of sp³-hybridized carbons (Fsp3) is 0.143. The van der Waals surface area contributed by atoms with Crippen molar-refractivity contribution in [2.45, 2.75) is 10.8 Å². The van der Waals surface area contributed by atoms with Gasteiger partial charge in [0, 0.05) is 19.0 Å². The summed E-state index contributed by atoms with van der Waals surface area (Å²) in [7, 11) is 1.97. The molecule has 0 spiro atoms. The van der Waals surface area contributed by atoms with Crippen LogP contribution in [0.15, 0.2) is 41.8 Å². The Morgan fingerprint density at radius 3 is 2.80 bits per heavy atom. The van der Waals surface area contributed by atoms with Gasteiger partial charge in [-0.15, -0.1) is 0 Å². The van der Waals surface area contributed by atoms with Gasteiger partial charge in [-0.1, -0.05) is 41.0 Å². The van der Waals surface area contributed by atoms with Crippen LogP contribution in [-0.4, -0.2) is 14.5 Å². The lowest BCUT2D eigenvalue weighted by Crippen LogP contribution is -1.87. The monoisotopic (exact) mass is 323 g/mol. The van der Waals surface area contributed by atoms with Gasteiger partial charge in [-0.25, -0.2) is 9.97 Å².